The van der Waals surface area contributed by atoms with Gasteiger partial charge in [-0.2, -0.15) is 0 Å². The SMILES string of the molecule is NC(=O)NCCNCc1cccc(Oc2ccccc2)c1. The fourth-order valence-corrected chi connectivity index (χ4v) is 1.85. The van der Waals surface area contributed by atoms with Gasteiger partial charge in [-0.3, -0.25) is 0 Å². The highest BCUT2D eigenvalue weighted by Gasteiger charge is 1.99. The van der Waals surface area contributed by atoms with Crippen LogP contribution in [0.2, 0.25) is 0 Å². The fourth-order valence-electron chi connectivity index (χ4n) is 1.85. The van der Waals surface area contributed by atoms with E-state index in [1.165, 1.54) is 0 Å². The quantitative estimate of drug-likeness (QED) is 0.683. The molecule has 0 heterocycles. The van der Waals surface area contributed by atoms with E-state index in [0.29, 0.717) is 19.6 Å². The van der Waals surface area contributed by atoms with Crippen LogP contribution in [0.4, 0.5) is 4.79 Å². The second kappa shape index (κ2) is 7.91. The van der Waals surface area contributed by atoms with E-state index in [9.17, 15) is 4.79 Å². The standard InChI is InChI=1S/C16H19N3O2/c17-16(20)19-10-9-18-12-13-5-4-8-15(11-13)21-14-6-2-1-3-7-14/h1-8,11,18H,9-10,12H2,(H3,17,19,20). The molecule has 0 aliphatic rings. The van der Waals surface area contributed by atoms with Crippen LogP contribution in [0, 0.1) is 0 Å². The van der Waals surface area contributed by atoms with Crippen LogP contribution >= 0.6 is 0 Å². The lowest BCUT2D eigenvalue weighted by Gasteiger charge is -2.09. The minimum atomic E-state index is -0.505. The van der Waals surface area contributed by atoms with E-state index in [4.69, 9.17) is 10.5 Å². The number of benzene rings is 2. The summed E-state index contributed by atoms with van der Waals surface area (Å²) in [4.78, 5) is 10.5. The Kier molecular flexibility index (Phi) is 5.60. The van der Waals surface area contributed by atoms with Gasteiger partial charge < -0.3 is 21.1 Å². The Morgan fingerprint density at radius 2 is 1.76 bits per heavy atom. The zero-order valence-electron chi connectivity index (χ0n) is 11.7. The predicted molar refractivity (Wildman–Crippen MR) is 82.3 cm³/mol. The van der Waals surface area contributed by atoms with Gasteiger partial charge in [0.1, 0.15) is 11.5 Å². The number of nitrogens with two attached hydrogens (primary N) is 1. The Balaban J connectivity index is 1.82. The average molecular weight is 285 g/mol. The molecule has 5 heteroatoms. The molecule has 21 heavy (non-hydrogen) atoms. The first kappa shape index (κ1) is 14.9. The van der Waals surface area contributed by atoms with Crippen molar-refractivity contribution in [1.82, 2.24) is 10.6 Å². The molecule has 0 saturated carbocycles. The first-order valence-electron chi connectivity index (χ1n) is 6.80. The lowest BCUT2D eigenvalue weighted by molar-refractivity contribution is 0.249. The molecule has 2 aromatic carbocycles. The number of carbonyl (C=O) groups excluding carboxylic acids is 1. The van der Waals surface area contributed by atoms with Gasteiger partial charge in [-0.1, -0.05) is 30.3 Å². The van der Waals surface area contributed by atoms with Crippen LogP contribution in [0.1, 0.15) is 5.56 Å². The number of ether oxygens (including phenoxy) is 1. The van der Waals surface area contributed by atoms with Crippen molar-refractivity contribution in [3.05, 3.63) is 60.2 Å². The van der Waals surface area contributed by atoms with Crippen LogP contribution in [0.25, 0.3) is 0 Å². The third kappa shape index (κ3) is 5.54. The molecule has 0 bridgehead atoms. The number of hydrogen-bond donors (Lipinski definition) is 3. The molecule has 0 aliphatic carbocycles. The molecule has 0 spiro atoms. The molecule has 0 atom stereocenters. The Morgan fingerprint density at radius 3 is 2.52 bits per heavy atom. The van der Waals surface area contributed by atoms with Gasteiger partial charge in [0, 0.05) is 19.6 Å². The zero-order chi connectivity index (χ0) is 14.9. The van der Waals surface area contributed by atoms with Crippen LogP contribution in [-0.2, 0) is 6.54 Å². The van der Waals surface area contributed by atoms with E-state index in [2.05, 4.69) is 10.6 Å². The van der Waals surface area contributed by atoms with E-state index in [1.807, 2.05) is 54.6 Å². The van der Waals surface area contributed by atoms with Crippen molar-refractivity contribution < 1.29 is 9.53 Å². The Labute approximate surface area is 124 Å². The van der Waals surface area contributed by atoms with Crippen molar-refractivity contribution in [3.8, 4) is 11.5 Å². The van der Waals surface area contributed by atoms with Crippen molar-refractivity contribution in [2.75, 3.05) is 13.1 Å². The summed E-state index contributed by atoms with van der Waals surface area (Å²) in [5, 5.41) is 5.75. The summed E-state index contributed by atoms with van der Waals surface area (Å²) in [6.45, 7) is 1.87. The Bertz CT molecular complexity index is 573. The second-order valence-corrected chi connectivity index (χ2v) is 4.53. The van der Waals surface area contributed by atoms with Crippen molar-refractivity contribution >= 4 is 6.03 Å². The molecular formula is C16H19N3O2. The lowest BCUT2D eigenvalue weighted by atomic mass is 10.2. The van der Waals surface area contributed by atoms with Gasteiger partial charge in [-0.25, -0.2) is 4.79 Å². The predicted octanol–water partition coefficient (Wildman–Crippen LogP) is 2.24. The molecule has 2 rings (SSSR count). The summed E-state index contributed by atoms with van der Waals surface area (Å²) in [7, 11) is 0. The minimum absolute atomic E-state index is 0.505. The van der Waals surface area contributed by atoms with Gasteiger partial charge >= 0.3 is 6.03 Å². The van der Waals surface area contributed by atoms with Gasteiger partial charge in [-0.15, -0.1) is 0 Å². The largest absolute Gasteiger partial charge is 0.457 e. The van der Waals surface area contributed by atoms with Crippen molar-refractivity contribution in [1.29, 1.82) is 0 Å². The van der Waals surface area contributed by atoms with Gasteiger partial charge in [0.2, 0.25) is 0 Å². The number of rotatable bonds is 7. The molecule has 0 aromatic heterocycles. The number of amides is 2. The number of urea groups is 1. The molecule has 0 saturated heterocycles. The first-order valence-corrected chi connectivity index (χ1v) is 6.80. The van der Waals surface area contributed by atoms with Crippen LogP contribution in [0.15, 0.2) is 54.6 Å². The smallest absolute Gasteiger partial charge is 0.312 e. The molecule has 2 amide bonds. The molecule has 0 aliphatic heterocycles. The van der Waals surface area contributed by atoms with Crippen LogP contribution < -0.4 is 21.1 Å². The molecule has 0 fully saturated rings. The highest BCUT2D eigenvalue weighted by atomic mass is 16.5. The Hall–Kier alpha value is -2.53. The summed E-state index contributed by atoms with van der Waals surface area (Å²) < 4.78 is 5.78. The zero-order valence-corrected chi connectivity index (χ0v) is 11.7. The van der Waals surface area contributed by atoms with Gasteiger partial charge in [0.25, 0.3) is 0 Å². The lowest BCUT2D eigenvalue weighted by Crippen LogP contribution is -2.35. The molecule has 0 radical (unpaired) electrons. The third-order valence-electron chi connectivity index (χ3n) is 2.81. The summed E-state index contributed by atoms with van der Waals surface area (Å²) >= 11 is 0. The highest BCUT2D eigenvalue weighted by molar-refractivity contribution is 5.71. The summed E-state index contributed by atoms with van der Waals surface area (Å²) in [6.07, 6.45) is 0. The molecule has 0 unspecified atom stereocenters. The summed E-state index contributed by atoms with van der Waals surface area (Å²) in [6, 6.07) is 17.0. The molecule has 5 nitrogen and oxygen atoms in total. The Morgan fingerprint density at radius 1 is 1.00 bits per heavy atom. The van der Waals surface area contributed by atoms with E-state index < -0.39 is 6.03 Å². The molecule has 2 aromatic rings. The number of hydrogen-bond acceptors (Lipinski definition) is 3. The normalized spacial score (nSPS) is 10.1. The highest BCUT2D eigenvalue weighted by Crippen LogP contribution is 2.21. The summed E-state index contributed by atoms with van der Waals surface area (Å²) in [5.74, 6) is 1.61. The van der Waals surface area contributed by atoms with Crippen molar-refractivity contribution in [2.45, 2.75) is 6.54 Å². The number of carbonyl (C=O) groups is 1. The number of para-hydroxylation sites is 1. The second-order valence-electron chi connectivity index (χ2n) is 4.53. The number of nitrogens with one attached hydrogen (secondary N) is 2. The minimum Gasteiger partial charge on any atom is -0.457 e. The van der Waals surface area contributed by atoms with Crippen LogP contribution in [0.5, 0.6) is 11.5 Å². The molecule has 110 valence electrons. The monoisotopic (exact) mass is 285 g/mol. The van der Waals surface area contributed by atoms with E-state index in [1.54, 1.807) is 0 Å². The maximum Gasteiger partial charge on any atom is 0.312 e. The van der Waals surface area contributed by atoms with Gasteiger partial charge in [-0.05, 0) is 29.8 Å². The maximum atomic E-state index is 10.5. The van der Waals surface area contributed by atoms with Gasteiger partial charge in [0.15, 0.2) is 0 Å². The third-order valence-corrected chi connectivity index (χ3v) is 2.81. The number of primary amides is 1. The summed E-state index contributed by atoms with van der Waals surface area (Å²) in [5.41, 5.74) is 6.10. The van der Waals surface area contributed by atoms with Crippen molar-refractivity contribution in [3.63, 3.8) is 0 Å². The van der Waals surface area contributed by atoms with Crippen molar-refractivity contribution in [2.24, 2.45) is 5.73 Å². The fraction of sp³-hybridized carbons (Fsp3) is 0.188. The molecular weight excluding hydrogens is 266 g/mol. The van der Waals surface area contributed by atoms with Crippen LogP contribution in [-0.4, -0.2) is 19.1 Å². The van der Waals surface area contributed by atoms with E-state index >= 15 is 0 Å². The molecule has 4 N–H and O–H groups in total. The average Bonchev–Trinajstić information content (AvgIpc) is 2.48. The maximum absolute atomic E-state index is 10.5. The topological polar surface area (TPSA) is 76.4 Å². The van der Waals surface area contributed by atoms with E-state index in [0.717, 1.165) is 17.1 Å². The van der Waals surface area contributed by atoms with E-state index in [-0.39, 0.29) is 0 Å². The first-order chi connectivity index (χ1) is 10.2. The van der Waals surface area contributed by atoms with Gasteiger partial charge in [0.05, 0.1) is 0 Å². The van der Waals surface area contributed by atoms with Crippen LogP contribution in [0.3, 0.4) is 0 Å².